The zero-order chi connectivity index (χ0) is 18.2. The van der Waals surface area contributed by atoms with Crippen molar-refractivity contribution >= 4 is 17.6 Å². The number of ether oxygens (including phenoxy) is 1. The van der Waals surface area contributed by atoms with Crippen LogP contribution in [0.3, 0.4) is 0 Å². The summed E-state index contributed by atoms with van der Waals surface area (Å²) in [5, 5.41) is 5.25. The Labute approximate surface area is 147 Å². The van der Waals surface area contributed by atoms with E-state index in [0.29, 0.717) is 18.2 Å². The third-order valence-corrected chi connectivity index (χ3v) is 3.38. The number of hydrogen-bond acceptors (Lipinski definition) is 4. The molecule has 132 valence electrons. The first-order valence-corrected chi connectivity index (χ1v) is 7.87. The highest BCUT2D eigenvalue weighted by atomic mass is 16.5. The molecule has 7 heteroatoms. The molecule has 1 atom stereocenters. The van der Waals surface area contributed by atoms with Gasteiger partial charge < -0.3 is 20.3 Å². The monoisotopic (exact) mass is 342 g/mol. The normalized spacial score (nSPS) is 11.3. The number of aromatic nitrogens is 1. The summed E-state index contributed by atoms with van der Waals surface area (Å²) in [5.41, 5.74) is 1.55. The summed E-state index contributed by atoms with van der Waals surface area (Å²) < 4.78 is 5.62. The van der Waals surface area contributed by atoms with Gasteiger partial charge in [0.1, 0.15) is 12.6 Å². The third-order valence-electron chi connectivity index (χ3n) is 3.38. The van der Waals surface area contributed by atoms with Crippen LogP contribution in [0.4, 0.5) is 10.5 Å². The highest BCUT2D eigenvalue weighted by Gasteiger charge is 2.17. The molecule has 1 heterocycles. The van der Waals surface area contributed by atoms with Crippen LogP contribution >= 0.6 is 0 Å². The third kappa shape index (κ3) is 5.80. The number of anilines is 1. The van der Waals surface area contributed by atoms with Gasteiger partial charge in [0.05, 0.1) is 0 Å². The number of pyridine rings is 1. The lowest BCUT2D eigenvalue weighted by molar-refractivity contribution is -0.130. The Kier molecular flexibility index (Phi) is 6.33. The molecular formula is C18H22N4O3. The number of likely N-dealkylation sites (N-methyl/N-ethyl adjacent to an activating group) is 1. The molecule has 25 heavy (non-hydrogen) atoms. The van der Waals surface area contributed by atoms with Gasteiger partial charge >= 0.3 is 6.03 Å². The van der Waals surface area contributed by atoms with Gasteiger partial charge in [-0.25, -0.2) is 9.78 Å². The van der Waals surface area contributed by atoms with Crippen molar-refractivity contribution in [3.8, 4) is 5.88 Å². The largest absolute Gasteiger partial charge is 0.473 e. The Morgan fingerprint density at radius 2 is 1.92 bits per heavy atom. The number of urea groups is 1. The van der Waals surface area contributed by atoms with Crippen molar-refractivity contribution in [1.82, 2.24) is 15.2 Å². The number of rotatable bonds is 6. The number of nitrogens with one attached hydrogen (secondary N) is 2. The maximum atomic E-state index is 12.0. The van der Waals surface area contributed by atoms with Crippen molar-refractivity contribution in [3.05, 3.63) is 54.2 Å². The van der Waals surface area contributed by atoms with Gasteiger partial charge in [-0.15, -0.1) is 0 Å². The standard InChI is InChI=1S/C18H22N4O3/c1-13(17(23)22(2)3)20-18(24)21-15-9-10-19-16(11-15)25-12-14-7-5-4-6-8-14/h4-11,13H,12H2,1-3H3,(H2,19,20,21,24)/t13-/m0/s1. The molecule has 2 N–H and O–H groups in total. The SMILES string of the molecule is C[C@H](NC(=O)Nc1ccnc(OCc2ccccc2)c1)C(=O)N(C)C. The van der Waals surface area contributed by atoms with E-state index in [1.165, 1.54) is 4.90 Å². The number of hydrogen-bond donors (Lipinski definition) is 2. The summed E-state index contributed by atoms with van der Waals surface area (Å²) in [5.74, 6) is 0.218. The first-order chi connectivity index (χ1) is 12.0. The molecule has 0 aliphatic carbocycles. The lowest BCUT2D eigenvalue weighted by Gasteiger charge is -2.18. The lowest BCUT2D eigenvalue weighted by atomic mass is 10.2. The van der Waals surface area contributed by atoms with Crippen molar-refractivity contribution in [2.24, 2.45) is 0 Å². The zero-order valence-corrected chi connectivity index (χ0v) is 14.5. The number of nitrogens with zero attached hydrogens (tertiary/aromatic N) is 2. The Morgan fingerprint density at radius 1 is 1.20 bits per heavy atom. The van der Waals surface area contributed by atoms with Gasteiger partial charge in [0.2, 0.25) is 11.8 Å². The van der Waals surface area contributed by atoms with Gasteiger partial charge in [-0.3, -0.25) is 4.79 Å². The molecule has 3 amide bonds. The number of benzene rings is 1. The fourth-order valence-electron chi connectivity index (χ4n) is 2.11. The molecule has 0 saturated heterocycles. The fourth-order valence-corrected chi connectivity index (χ4v) is 2.11. The first-order valence-electron chi connectivity index (χ1n) is 7.87. The van der Waals surface area contributed by atoms with Crippen LogP contribution in [0.25, 0.3) is 0 Å². The Bertz CT molecular complexity index is 719. The molecule has 0 aliphatic heterocycles. The molecule has 1 aromatic carbocycles. The summed E-state index contributed by atoms with van der Waals surface area (Å²) in [6.45, 7) is 2.01. The molecule has 7 nitrogen and oxygen atoms in total. The van der Waals surface area contributed by atoms with E-state index in [9.17, 15) is 9.59 Å². The van der Waals surface area contributed by atoms with Crippen LogP contribution in [-0.4, -0.2) is 42.0 Å². The Balaban J connectivity index is 1.90. The van der Waals surface area contributed by atoms with Gasteiger partial charge in [-0.1, -0.05) is 30.3 Å². The van der Waals surface area contributed by atoms with Gasteiger partial charge in [-0.05, 0) is 18.6 Å². The summed E-state index contributed by atoms with van der Waals surface area (Å²) in [4.78, 5) is 29.3. The van der Waals surface area contributed by atoms with Crippen molar-refractivity contribution in [1.29, 1.82) is 0 Å². The van der Waals surface area contributed by atoms with E-state index in [0.717, 1.165) is 5.56 Å². The molecule has 0 saturated carbocycles. The maximum Gasteiger partial charge on any atom is 0.319 e. The molecule has 0 unspecified atom stereocenters. The lowest BCUT2D eigenvalue weighted by Crippen LogP contribution is -2.45. The van der Waals surface area contributed by atoms with Crippen molar-refractivity contribution < 1.29 is 14.3 Å². The van der Waals surface area contributed by atoms with Gasteiger partial charge in [0.25, 0.3) is 0 Å². The molecule has 0 fully saturated rings. The minimum absolute atomic E-state index is 0.184. The van der Waals surface area contributed by atoms with Crippen LogP contribution in [0, 0.1) is 0 Å². The second-order valence-corrected chi connectivity index (χ2v) is 5.71. The number of carbonyl (C=O) groups excluding carboxylic acids is 2. The van der Waals surface area contributed by atoms with E-state index < -0.39 is 12.1 Å². The highest BCUT2D eigenvalue weighted by molar-refractivity contribution is 5.93. The van der Waals surface area contributed by atoms with Crippen molar-refractivity contribution in [3.63, 3.8) is 0 Å². The summed E-state index contributed by atoms with van der Waals surface area (Å²) >= 11 is 0. The minimum atomic E-state index is -0.620. The summed E-state index contributed by atoms with van der Waals surface area (Å²) in [6, 6.07) is 11.9. The van der Waals surface area contributed by atoms with Crippen LogP contribution < -0.4 is 15.4 Å². The van der Waals surface area contributed by atoms with E-state index in [4.69, 9.17) is 4.74 Å². The molecular weight excluding hydrogens is 320 g/mol. The van der Waals surface area contributed by atoms with Gasteiger partial charge in [-0.2, -0.15) is 0 Å². The quantitative estimate of drug-likeness (QED) is 0.843. The number of carbonyl (C=O) groups is 2. The second kappa shape index (κ2) is 8.68. The van der Waals surface area contributed by atoms with Gasteiger partial charge in [0.15, 0.2) is 0 Å². The predicted octanol–water partition coefficient (Wildman–Crippen LogP) is 2.26. The topological polar surface area (TPSA) is 83.6 Å². The molecule has 0 spiro atoms. The average Bonchev–Trinajstić information content (AvgIpc) is 2.60. The molecule has 1 aromatic heterocycles. The van der Waals surface area contributed by atoms with Crippen molar-refractivity contribution in [2.45, 2.75) is 19.6 Å². The van der Waals surface area contributed by atoms with E-state index >= 15 is 0 Å². The second-order valence-electron chi connectivity index (χ2n) is 5.71. The molecule has 2 rings (SSSR count). The maximum absolute atomic E-state index is 12.0. The van der Waals surface area contributed by atoms with Crippen LogP contribution in [0.5, 0.6) is 5.88 Å². The summed E-state index contributed by atoms with van der Waals surface area (Å²) in [6.07, 6.45) is 1.55. The smallest absolute Gasteiger partial charge is 0.319 e. The Morgan fingerprint density at radius 3 is 2.60 bits per heavy atom. The van der Waals surface area contributed by atoms with E-state index in [-0.39, 0.29) is 5.91 Å². The molecule has 0 radical (unpaired) electrons. The molecule has 0 aliphatic rings. The highest BCUT2D eigenvalue weighted by Crippen LogP contribution is 2.15. The van der Waals surface area contributed by atoms with Crippen molar-refractivity contribution in [2.75, 3.05) is 19.4 Å². The van der Waals surface area contributed by atoms with Crippen LogP contribution in [0.1, 0.15) is 12.5 Å². The zero-order valence-electron chi connectivity index (χ0n) is 14.5. The molecule has 2 aromatic rings. The predicted molar refractivity (Wildman–Crippen MR) is 95.3 cm³/mol. The van der Waals surface area contributed by atoms with Crippen LogP contribution in [-0.2, 0) is 11.4 Å². The van der Waals surface area contributed by atoms with E-state index in [1.807, 2.05) is 30.3 Å². The average molecular weight is 342 g/mol. The van der Waals surface area contributed by atoms with Crippen LogP contribution in [0.15, 0.2) is 48.7 Å². The summed E-state index contributed by atoms with van der Waals surface area (Å²) in [7, 11) is 3.27. The fraction of sp³-hybridized carbons (Fsp3) is 0.278. The first kappa shape index (κ1) is 18.3. The van der Waals surface area contributed by atoms with E-state index in [1.54, 1.807) is 39.3 Å². The molecule has 0 bridgehead atoms. The number of amides is 3. The Hall–Kier alpha value is -3.09. The van der Waals surface area contributed by atoms with E-state index in [2.05, 4.69) is 15.6 Å². The minimum Gasteiger partial charge on any atom is -0.473 e. The van der Waals surface area contributed by atoms with Gasteiger partial charge in [0, 0.05) is 32.0 Å². The van der Waals surface area contributed by atoms with Crippen LogP contribution in [0.2, 0.25) is 0 Å².